The SMILES string of the molecule is COc1ccc(NC(=O)c2ccc(Nc3ccc(C(N)=O)cc3[N+](=O)[O-])cc2)cc1. The minimum Gasteiger partial charge on any atom is -0.497 e. The maximum atomic E-state index is 12.4. The van der Waals surface area contributed by atoms with Gasteiger partial charge in [0.1, 0.15) is 11.4 Å². The monoisotopic (exact) mass is 406 g/mol. The van der Waals surface area contributed by atoms with E-state index >= 15 is 0 Å². The molecule has 0 fully saturated rings. The van der Waals surface area contributed by atoms with Crippen LogP contribution in [0, 0.1) is 10.1 Å². The van der Waals surface area contributed by atoms with Crippen LogP contribution in [0.3, 0.4) is 0 Å². The number of benzene rings is 3. The first-order valence-corrected chi connectivity index (χ1v) is 8.78. The summed E-state index contributed by atoms with van der Waals surface area (Å²) in [5.74, 6) is -0.373. The van der Waals surface area contributed by atoms with E-state index in [2.05, 4.69) is 10.6 Å². The molecule has 0 aliphatic carbocycles. The van der Waals surface area contributed by atoms with E-state index in [1.807, 2.05) is 0 Å². The summed E-state index contributed by atoms with van der Waals surface area (Å²) >= 11 is 0. The van der Waals surface area contributed by atoms with Gasteiger partial charge in [0.15, 0.2) is 0 Å². The highest BCUT2D eigenvalue weighted by Crippen LogP contribution is 2.29. The van der Waals surface area contributed by atoms with Gasteiger partial charge in [-0.3, -0.25) is 19.7 Å². The number of nitrogens with one attached hydrogen (secondary N) is 2. The summed E-state index contributed by atoms with van der Waals surface area (Å²) in [6, 6.07) is 17.2. The lowest BCUT2D eigenvalue weighted by molar-refractivity contribution is -0.383. The number of carbonyl (C=O) groups excluding carboxylic acids is 2. The lowest BCUT2D eigenvalue weighted by Crippen LogP contribution is -2.12. The topological polar surface area (TPSA) is 137 Å². The fourth-order valence-electron chi connectivity index (χ4n) is 2.68. The Balaban J connectivity index is 1.73. The van der Waals surface area contributed by atoms with Crippen molar-refractivity contribution in [2.45, 2.75) is 0 Å². The van der Waals surface area contributed by atoms with E-state index in [-0.39, 0.29) is 22.8 Å². The van der Waals surface area contributed by atoms with E-state index in [4.69, 9.17) is 10.5 Å². The molecule has 2 amide bonds. The maximum Gasteiger partial charge on any atom is 0.293 e. The molecule has 3 rings (SSSR count). The van der Waals surface area contributed by atoms with Crippen LogP contribution in [0.5, 0.6) is 5.75 Å². The predicted molar refractivity (Wildman–Crippen MR) is 112 cm³/mol. The average Bonchev–Trinajstić information content (AvgIpc) is 2.74. The van der Waals surface area contributed by atoms with Crippen LogP contribution in [0.25, 0.3) is 0 Å². The van der Waals surface area contributed by atoms with E-state index < -0.39 is 10.8 Å². The summed E-state index contributed by atoms with van der Waals surface area (Å²) in [5, 5.41) is 17.0. The number of amides is 2. The van der Waals surface area contributed by atoms with Crippen molar-refractivity contribution in [3.63, 3.8) is 0 Å². The van der Waals surface area contributed by atoms with Crippen LogP contribution in [0.4, 0.5) is 22.7 Å². The number of carbonyl (C=O) groups is 2. The van der Waals surface area contributed by atoms with E-state index in [9.17, 15) is 19.7 Å². The fourth-order valence-corrected chi connectivity index (χ4v) is 2.68. The van der Waals surface area contributed by atoms with Crippen molar-refractivity contribution in [1.29, 1.82) is 0 Å². The summed E-state index contributed by atoms with van der Waals surface area (Å²) in [7, 11) is 1.56. The number of primary amides is 1. The molecule has 0 aromatic heterocycles. The van der Waals surface area contributed by atoms with E-state index in [1.54, 1.807) is 55.6 Å². The number of nitrogens with zero attached hydrogens (tertiary/aromatic N) is 1. The molecule has 9 heteroatoms. The van der Waals surface area contributed by atoms with Crippen LogP contribution >= 0.6 is 0 Å². The van der Waals surface area contributed by atoms with Gasteiger partial charge < -0.3 is 21.1 Å². The molecule has 0 bridgehead atoms. The van der Waals surface area contributed by atoms with Gasteiger partial charge in [-0.05, 0) is 60.7 Å². The van der Waals surface area contributed by atoms with Crippen LogP contribution in [0.15, 0.2) is 66.7 Å². The molecule has 9 nitrogen and oxygen atoms in total. The summed E-state index contributed by atoms with van der Waals surface area (Å²) in [6.07, 6.45) is 0. The van der Waals surface area contributed by atoms with Gasteiger partial charge in [-0.15, -0.1) is 0 Å². The van der Waals surface area contributed by atoms with Gasteiger partial charge in [0.25, 0.3) is 11.6 Å². The summed E-state index contributed by atoms with van der Waals surface area (Å²) < 4.78 is 5.08. The number of ether oxygens (including phenoxy) is 1. The quantitative estimate of drug-likeness (QED) is 0.404. The highest BCUT2D eigenvalue weighted by Gasteiger charge is 2.17. The average molecular weight is 406 g/mol. The first-order chi connectivity index (χ1) is 14.4. The minimum absolute atomic E-state index is 0.0396. The molecule has 0 unspecified atom stereocenters. The summed E-state index contributed by atoms with van der Waals surface area (Å²) in [4.78, 5) is 34.3. The van der Waals surface area contributed by atoms with Gasteiger partial charge in [0.2, 0.25) is 5.91 Å². The number of nitro benzene ring substituents is 1. The lowest BCUT2D eigenvalue weighted by Gasteiger charge is -2.10. The van der Waals surface area contributed by atoms with Gasteiger partial charge in [-0.1, -0.05) is 0 Å². The number of rotatable bonds is 7. The normalized spacial score (nSPS) is 10.2. The van der Waals surface area contributed by atoms with E-state index in [0.717, 1.165) is 6.07 Å². The zero-order chi connectivity index (χ0) is 21.7. The molecule has 4 N–H and O–H groups in total. The highest BCUT2D eigenvalue weighted by molar-refractivity contribution is 6.04. The largest absolute Gasteiger partial charge is 0.497 e. The number of hydrogen-bond donors (Lipinski definition) is 3. The number of anilines is 3. The number of methoxy groups -OCH3 is 1. The van der Waals surface area contributed by atoms with Crippen LogP contribution < -0.4 is 21.1 Å². The molecule has 0 saturated carbocycles. The molecular formula is C21H18N4O5. The summed E-state index contributed by atoms with van der Waals surface area (Å²) in [6.45, 7) is 0. The summed E-state index contributed by atoms with van der Waals surface area (Å²) in [5.41, 5.74) is 6.69. The Morgan fingerprint density at radius 2 is 1.53 bits per heavy atom. The van der Waals surface area contributed by atoms with Gasteiger partial charge in [0.05, 0.1) is 12.0 Å². The third-order valence-electron chi connectivity index (χ3n) is 4.25. The first-order valence-electron chi connectivity index (χ1n) is 8.78. The molecule has 30 heavy (non-hydrogen) atoms. The zero-order valence-electron chi connectivity index (χ0n) is 15.9. The third-order valence-corrected chi connectivity index (χ3v) is 4.25. The van der Waals surface area contributed by atoms with E-state index in [1.165, 1.54) is 12.1 Å². The first kappa shape index (κ1) is 20.3. The zero-order valence-corrected chi connectivity index (χ0v) is 15.9. The van der Waals surface area contributed by atoms with Crippen molar-refractivity contribution in [2.24, 2.45) is 5.73 Å². The van der Waals surface area contributed by atoms with Crippen molar-refractivity contribution in [3.8, 4) is 5.75 Å². The molecule has 3 aromatic carbocycles. The Hall–Kier alpha value is -4.40. The molecule has 0 radical (unpaired) electrons. The van der Waals surface area contributed by atoms with Crippen molar-refractivity contribution in [3.05, 3.63) is 88.0 Å². The standard InChI is InChI=1S/C21H18N4O5/c1-30-17-9-7-16(8-10-17)24-21(27)13-2-5-15(6-3-13)23-18-11-4-14(20(22)26)12-19(18)25(28)29/h2-12,23H,1H3,(H2,22,26)(H,24,27). The lowest BCUT2D eigenvalue weighted by atomic mass is 10.1. The molecular weight excluding hydrogens is 388 g/mol. The third kappa shape index (κ3) is 4.71. The van der Waals surface area contributed by atoms with E-state index in [0.29, 0.717) is 22.7 Å². The highest BCUT2D eigenvalue weighted by atomic mass is 16.6. The maximum absolute atomic E-state index is 12.4. The Bertz CT molecular complexity index is 1100. The fraction of sp³-hybridized carbons (Fsp3) is 0.0476. The second-order valence-electron chi connectivity index (χ2n) is 6.24. The predicted octanol–water partition coefficient (Wildman–Crippen LogP) is 3.70. The molecule has 0 heterocycles. The van der Waals surface area contributed by atoms with Gasteiger partial charge >= 0.3 is 0 Å². The Morgan fingerprint density at radius 3 is 2.10 bits per heavy atom. The van der Waals surface area contributed by atoms with Crippen LogP contribution in [0.1, 0.15) is 20.7 Å². The van der Waals surface area contributed by atoms with Gasteiger partial charge in [-0.25, -0.2) is 0 Å². The Kier molecular flexibility index (Phi) is 5.92. The Labute approximate surface area is 171 Å². The van der Waals surface area contributed by atoms with Crippen LogP contribution in [0.2, 0.25) is 0 Å². The van der Waals surface area contributed by atoms with Crippen molar-refractivity contribution in [1.82, 2.24) is 0 Å². The molecule has 3 aromatic rings. The second-order valence-corrected chi connectivity index (χ2v) is 6.24. The van der Waals surface area contributed by atoms with Crippen molar-refractivity contribution >= 4 is 34.6 Å². The number of hydrogen-bond acceptors (Lipinski definition) is 6. The molecule has 0 spiro atoms. The minimum atomic E-state index is -0.753. The number of nitro groups is 1. The Morgan fingerprint density at radius 1 is 0.933 bits per heavy atom. The van der Waals surface area contributed by atoms with Crippen LogP contribution in [-0.2, 0) is 0 Å². The van der Waals surface area contributed by atoms with Crippen LogP contribution in [-0.4, -0.2) is 23.8 Å². The van der Waals surface area contributed by atoms with Crippen molar-refractivity contribution in [2.75, 3.05) is 17.7 Å². The smallest absolute Gasteiger partial charge is 0.293 e. The molecule has 0 aliphatic rings. The van der Waals surface area contributed by atoms with Crippen molar-refractivity contribution < 1.29 is 19.2 Å². The molecule has 0 atom stereocenters. The second kappa shape index (κ2) is 8.74. The molecule has 152 valence electrons. The van der Waals surface area contributed by atoms with Gasteiger partial charge in [-0.2, -0.15) is 0 Å². The molecule has 0 saturated heterocycles. The molecule has 0 aliphatic heterocycles. The number of nitrogens with two attached hydrogens (primary N) is 1. The van der Waals surface area contributed by atoms with Gasteiger partial charge in [0, 0.05) is 28.6 Å².